The van der Waals surface area contributed by atoms with Crippen molar-refractivity contribution in [2.24, 2.45) is 4.99 Å². The molecule has 0 bridgehead atoms. The lowest BCUT2D eigenvalue weighted by molar-refractivity contribution is -0.114. The van der Waals surface area contributed by atoms with Crippen LogP contribution in [0.25, 0.3) is 6.08 Å². The maximum Gasteiger partial charge on any atom is 0.295 e. The largest absolute Gasteiger partial charge is 0.497 e. The number of nitrogens with zero attached hydrogens (tertiary/aromatic N) is 2. The molecule has 1 aromatic carbocycles. The van der Waals surface area contributed by atoms with Crippen LogP contribution >= 0.6 is 0 Å². The van der Waals surface area contributed by atoms with Gasteiger partial charge in [0.2, 0.25) is 0 Å². The Kier molecular flexibility index (Phi) is 3.54. The van der Waals surface area contributed by atoms with E-state index >= 15 is 0 Å². The number of amides is 1. The third kappa shape index (κ3) is 2.46. The zero-order chi connectivity index (χ0) is 13.9. The first kappa shape index (κ1) is 12.9. The molecule has 2 heterocycles. The van der Waals surface area contributed by atoms with Crippen LogP contribution in [0.4, 0.5) is 0 Å². The van der Waals surface area contributed by atoms with Crippen LogP contribution in [0, 0.1) is 0 Å². The van der Waals surface area contributed by atoms with Crippen LogP contribution in [0.3, 0.4) is 0 Å². The molecule has 2 aliphatic rings. The van der Waals surface area contributed by atoms with E-state index in [9.17, 15) is 4.79 Å². The van der Waals surface area contributed by atoms with Crippen molar-refractivity contribution in [3.05, 3.63) is 35.5 Å². The number of fused-ring (bicyclic) bond motifs is 1. The van der Waals surface area contributed by atoms with E-state index in [1.165, 1.54) is 6.42 Å². The lowest BCUT2D eigenvalue weighted by atomic mass is 10.1. The van der Waals surface area contributed by atoms with Gasteiger partial charge in [-0.15, -0.1) is 0 Å². The third-order valence-corrected chi connectivity index (χ3v) is 3.75. The molecule has 2 aliphatic heterocycles. The van der Waals surface area contributed by atoms with E-state index < -0.39 is 0 Å². The van der Waals surface area contributed by atoms with E-state index in [0.29, 0.717) is 5.70 Å². The first-order valence-corrected chi connectivity index (χ1v) is 7.03. The van der Waals surface area contributed by atoms with Gasteiger partial charge in [-0.25, -0.2) is 0 Å². The summed E-state index contributed by atoms with van der Waals surface area (Å²) < 4.78 is 5.14. The van der Waals surface area contributed by atoms with Gasteiger partial charge >= 0.3 is 0 Å². The van der Waals surface area contributed by atoms with Crippen molar-refractivity contribution in [3.8, 4) is 5.75 Å². The average Bonchev–Trinajstić information content (AvgIpc) is 2.65. The number of methoxy groups -OCH3 is 1. The fraction of sp³-hybridized carbons (Fsp3) is 0.375. The van der Waals surface area contributed by atoms with E-state index in [1.807, 2.05) is 30.3 Å². The number of ether oxygens (including phenoxy) is 1. The maximum absolute atomic E-state index is 12.1. The van der Waals surface area contributed by atoms with Gasteiger partial charge in [-0.05, 0) is 36.6 Å². The second-order valence-corrected chi connectivity index (χ2v) is 5.10. The summed E-state index contributed by atoms with van der Waals surface area (Å²) in [7, 11) is 1.64. The summed E-state index contributed by atoms with van der Waals surface area (Å²) in [6.07, 6.45) is 6.28. The number of benzene rings is 1. The molecule has 1 aromatic rings. The Morgan fingerprint density at radius 3 is 2.75 bits per heavy atom. The molecule has 0 saturated carbocycles. The number of aliphatic imine (C=N–C) groups is 1. The highest BCUT2D eigenvalue weighted by atomic mass is 16.5. The first-order chi connectivity index (χ1) is 9.78. The molecule has 3 rings (SSSR count). The van der Waals surface area contributed by atoms with Crippen LogP contribution in [-0.2, 0) is 4.79 Å². The summed E-state index contributed by atoms with van der Waals surface area (Å²) in [4.78, 5) is 18.3. The molecular weight excluding hydrogens is 252 g/mol. The standard InChI is InChI=1S/C16H18N2O2/c1-20-13-8-6-12(7-9-13)11-14-16(19)17-15-5-3-2-4-10-18(14)15/h6-9,11H,2-5,10H2,1H3. The van der Waals surface area contributed by atoms with Crippen LogP contribution in [0.1, 0.15) is 31.2 Å². The molecule has 0 atom stereocenters. The molecule has 20 heavy (non-hydrogen) atoms. The van der Waals surface area contributed by atoms with E-state index in [4.69, 9.17) is 4.74 Å². The molecular formula is C16H18N2O2. The van der Waals surface area contributed by atoms with E-state index in [1.54, 1.807) is 7.11 Å². The summed E-state index contributed by atoms with van der Waals surface area (Å²) >= 11 is 0. The SMILES string of the molecule is COc1ccc(C=C2C(=O)N=C3CCCCCN23)cc1. The van der Waals surface area contributed by atoms with Gasteiger partial charge < -0.3 is 9.64 Å². The highest BCUT2D eigenvalue weighted by molar-refractivity contribution is 6.13. The molecule has 0 aromatic heterocycles. The van der Waals surface area contributed by atoms with E-state index in [-0.39, 0.29) is 5.91 Å². The van der Waals surface area contributed by atoms with Crippen molar-refractivity contribution in [2.45, 2.75) is 25.7 Å². The molecule has 104 valence electrons. The van der Waals surface area contributed by atoms with Gasteiger partial charge in [0.05, 0.1) is 7.11 Å². The molecule has 4 nitrogen and oxygen atoms in total. The highest BCUT2D eigenvalue weighted by Crippen LogP contribution is 2.25. The lowest BCUT2D eigenvalue weighted by Gasteiger charge is -2.18. The Morgan fingerprint density at radius 2 is 2.00 bits per heavy atom. The molecule has 4 heteroatoms. The Morgan fingerprint density at radius 1 is 1.20 bits per heavy atom. The summed E-state index contributed by atoms with van der Waals surface area (Å²) in [6.45, 7) is 0.895. The Labute approximate surface area is 118 Å². The van der Waals surface area contributed by atoms with Gasteiger partial charge in [-0.2, -0.15) is 4.99 Å². The lowest BCUT2D eigenvalue weighted by Crippen LogP contribution is -2.26. The van der Waals surface area contributed by atoms with Crippen LogP contribution in [-0.4, -0.2) is 30.3 Å². The Balaban J connectivity index is 1.88. The maximum atomic E-state index is 12.1. The van der Waals surface area contributed by atoms with Gasteiger partial charge in [0.25, 0.3) is 5.91 Å². The molecule has 0 N–H and O–H groups in total. The minimum atomic E-state index is -0.113. The zero-order valence-corrected chi connectivity index (χ0v) is 11.6. The molecule has 1 amide bonds. The van der Waals surface area contributed by atoms with Gasteiger partial charge in [-0.1, -0.05) is 18.6 Å². The van der Waals surface area contributed by atoms with Gasteiger partial charge in [0.15, 0.2) is 0 Å². The van der Waals surface area contributed by atoms with E-state index in [2.05, 4.69) is 9.89 Å². The van der Waals surface area contributed by atoms with Crippen molar-refractivity contribution in [2.75, 3.05) is 13.7 Å². The minimum absolute atomic E-state index is 0.113. The van der Waals surface area contributed by atoms with Crippen LogP contribution in [0.15, 0.2) is 35.0 Å². The molecule has 0 spiro atoms. The molecule has 0 aliphatic carbocycles. The zero-order valence-electron chi connectivity index (χ0n) is 11.6. The summed E-state index contributed by atoms with van der Waals surface area (Å²) in [5.74, 6) is 1.64. The quantitative estimate of drug-likeness (QED) is 0.776. The molecule has 0 radical (unpaired) electrons. The van der Waals surface area contributed by atoms with Gasteiger partial charge in [0.1, 0.15) is 17.3 Å². The third-order valence-electron chi connectivity index (χ3n) is 3.75. The highest BCUT2D eigenvalue weighted by Gasteiger charge is 2.29. The Bertz CT molecular complexity index is 573. The van der Waals surface area contributed by atoms with Crippen LogP contribution in [0.5, 0.6) is 5.75 Å². The average molecular weight is 270 g/mol. The second kappa shape index (κ2) is 5.49. The first-order valence-electron chi connectivity index (χ1n) is 7.03. The predicted molar refractivity (Wildman–Crippen MR) is 78.6 cm³/mol. The second-order valence-electron chi connectivity index (χ2n) is 5.10. The van der Waals surface area contributed by atoms with Crippen molar-refractivity contribution in [1.82, 2.24) is 4.90 Å². The number of hydrogen-bond acceptors (Lipinski definition) is 3. The molecule has 1 saturated heterocycles. The van der Waals surface area contributed by atoms with Crippen molar-refractivity contribution in [1.29, 1.82) is 0 Å². The summed E-state index contributed by atoms with van der Waals surface area (Å²) in [5.41, 5.74) is 1.70. The van der Waals surface area contributed by atoms with Crippen molar-refractivity contribution in [3.63, 3.8) is 0 Å². The normalized spacial score (nSPS) is 20.6. The van der Waals surface area contributed by atoms with Crippen LogP contribution < -0.4 is 4.74 Å². The van der Waals surface area contributed by atoms with Crippen molar-refractivity contribution < 1.29 is 9.53 Å². The molecule has 0 unspecified atom stereocenters. The topological polar surface area (TPSA) is 41.9 Å². The van der Waals surface area contributed by atoms with Crippen LogP contribution in [0.2, 0.25) is 0 Å². The Hall–Kier alpha value is -2.10. The smallest absolute Gasteiger partial charge is 0.295 e. The number of rotatable bonds is 2. The number of hydrogen-bond donors (Lipinski definition) is 0. The minimum Gasteiger partial charge on any atom is -0.497 e. The fourth-order valence-corrected chi connectivity index (χ4v) is 2.66. The summed E-state index contributed by atoms with van der Waals surface area (Å²) in [6, 6.07) is 7.70. The van der Waals surface area contributed by atoms with E-state index in [0.717, 1.165) is 43.0 Å². The number of amidine groups is 1. The number of carbonyl (C=O) groups excluding carboxylic acids is 1. The predicted octanol–water partition coefficient (Wildman–Crippen LogP) is 2.85. The van der Waals surface area contributed by atoms with Crippen molar-refractivity contribution >= 4 is 17.8 Å². The monoisotopic (exact) mass is 270 g/mol. The summed E-state index contributed by atoms with van der Waals surface area (Å²) in [5, 5.41) is 0. The fourth-order valence-electron chi connectivity index (χ4n) is 2.66. The van der Waals surface area contributed by atoms with Gasteiger partial charge in [-0.3, -0.25) is 4.79 Å². The number of carbonyl (C=O) groups is 1. The van der Waals surface area contributed by atoms with Gasteiger partial charge in [0, 0.05) is 13.0 Å². The molecule has 1 fully saturated rings.